The fourth-order valence-corrected chi connectivity index (χ4v) is 2.11. The predicted octanol–water partition coefficient (Wildman–Crippen LogP) is 1.15. The summed E-state index contributed by atoms with van der Waals surface area (Å²) in [5.74, 6) is 1.32. The van der Waals surface area contributed by atoms with Gasteiger partial charge in [0.05, 0.1) is 24.9 Å². The maximum atomic E-state index is 5.98. The van der Waals surface area contributed by atoms with E-state index < -0.39 is 0 Å². The second kappa shape index (κ2) is 7.01. The Balaban J connectivity index is 2.96. The summed E-state index contributed by atoms with van der Waals surface area (Å²) in [7, 11) is 3.52. The molecule has 0 aromatic carbocycles. The molecule has 1 heterocycles. The average Bonchev–Trinajstić information content (AvgIpc) is 2.73. The van der Waals surface area contributed by atoms with Crippen LogP contribution >= 0.6 is 0 Å². The first-order valence-electron chi connectivity index (χ1n) is 6.72. The van der Waals surface area contributed by atoms with Crippen LogP contribution in [0.15, 0.2) is 4.99 Å². The van der Waals surface area contributed by atoms with Gasteiger partial charge in [-0.1, -0.05) is 6.92 Å². The van der Waals surface area contributed by atoms with Crippen molar-refractivity contribution in [1.29, 1.82) is 0 Å². The molecular formula is C13H25N5O. The van der Waals surface area contributed by atoms with E-state index in [1.807, 2.05) is 11.9 Å². The van der Waals surface area contributed by atoms with Crippen LogP contribution in [0.4, 0.5) is 0 Å². The van der Waals surface area contributed by atoms with Crippen LogP contribution in [-0.4, -0.2) is 40.8 Å². The molecule has 0 spiro atoms. The third-order valence-electron chi connectivity index (χ3n) is 3.19. The summed E-state index contributed by atoms with van der Waals surface area (Å²) in [6, 6.07) is 0. The first-order valence-corrected chi connectivity index (χ1v) is 6.72. The zero-order chi connectivity index (χ0) is 14.4. The van der Waals surface area contributed by atoms with Gasteiger partial charge in [0.2, 0.25) is 5.88 Å². The highest BCUT2D eigenvalue weighted by Gasteiger charge is 2.15. The Morgan fingerprint density at radius 1 is 1.37 bits per heavy atom. The van der Waals surface area contributed by atoms with Crippen molar-refractivity contribution in [3.05, 3.63) is 11.3 Å². The van der Waals surface area contributed by atoms with Gasteiger partial charge in [0.15, 0.2) is 5.96 Å². The molecular weight excluding hydrogens is 242 g/mol. The zero-order valence-electron chi connectivity index (χ0n) is 12.6. The highest BCUT2D eigenvalue weighted by Crippen LogP contribution is 2.22. The van der Waals surface area contributed by atoms with E-state index in [0.717, 1.165) is 36.6 Å². The summed E-state index contributed by atoms with van der Waals surface area (Å²) in [5.41, 5.74) is 8.01. The van der Waals surface area contributed by atoms with Crippen LogP contribution in [0.1, 0.15) is 32.0 Å². The molecule has 0 atom stereocenters. The molecule has 0 radical (unpaired) electrons. The lowest BCUT2D eigenvalue weighted by Gasteiger charge is -2.19. The maximum Gasteiger partial charge on any atom is 0.216 e. The van der Waals surface area contributed by atoms with Gasteiger partial charge in [0.25, 0.3) is 0 Å². The Bertz CT molecular complexity index is 434. The standard InChI is InChI=1S/C13H25N5O/c1-6-11-10(12(19-5)17(4)16-11)9-15-13(14)18(7-2)8-3/h6-9H2,1-5H3,(H2,14,15). The fourth-order valence-electron chi connectivity index (χ4n) is 2.11. The topological polar surface area (TPSA) is 68.7 Å². The van der Waals surface area contributed by atoms with Gasteiger partial charge in [-0.3, -0.25) is 0 Å². The van der Waals surface area contributed by atoms with Crippen molar-refractivity contribution in [2.75, 3.05) is 20.2 Å². The quantitative estimate of drug-likeness (QED) is 0.620. The van der Waals surface area contributed by atoms with Gasteiger partial charge in [0.1, 0.15) is 0 Å². The van der Waals surface area contributed by atoms with Crippen molar-refractivity contribution in [3.8, 4) is 5.88 Å². The van der Waals surface area contributed by atoms with Crippen molar-refractivity contribution in [2.45, 2.75) is 33.7 Å². The van der Waals surface area contributed by atoms with E-state index in [1.54, 1.807) is 11.8 Å². The Labute approximate surface area is 115 Å². The molecule has 1 rings (SSSR count). The molecule has 19 heavy (non-hydrogen) atoms. The number of hydrogen-bond donors (Lipinski definition) is 1. The summed E-state index contributed by atoms with van der Waals surface area (Å²) < 4.78 is 7.13. The van der Waals surface area contributed by atoms with Gasteiger partial charge in [0, 0.05) is 20.1 Å². The maximum absolute atomic E-state index is 5.98. The monoisotopic (exact) mass is 267 g/mol. The van der Waals surface area contributed by atoms with Crippen LogP contribution < -0.4 is 10.5 Å². The van der Waals surface area contributed by atoms with Crippen LogP contribution in [0.5, 0.6) is 5.88 Å². The molecule has 0 saturated heterocycles. The number of guanidine groups is 1. The van der Waals surface area contributed by atoms with Gasteiger partial charge in [-0.25, -0.2) is 9.67 Å². The molecule has 0 amide bonds. The van der Waals surface area contributed by atoms with E-state index in [4.69, 9.17) is 10.5 Å². The molecule has 0 bridgehead atoms. The van der Waals surface area contributed by atoms with Gasteiger partial charge in [-0.05, 0) is 20.3 Å². The SMILES string of the molecule is CCc1nn(C)c(OC)c1CN=C(N)N(CC)CC. The lowest BCUT2D eigenvalue weighted by atomic mass is 10.2. The minimum atomic E-state index is 0.503. The molecule has 6 nitrogen and oxygen atoms in total. The predicted molar refractivity (Wildman–Crippen MR) is 77.4 cm³/mol. The lowest BCUT2D eigenvalue weighted by molar-refractivity contribution is 0.369. The highest BCUT2D eigenvalue weighted by molar-refractivity contribution is 5.78. The van der Waals surface area contributed by atoms with Crippen molar-refractivity contribution < 1.29 is 4.74 Å². The average molecular weight is 267 g/mol. The number of rotatable bonds is 6. The van der Waals surface area contributed by atoms with Crippen molar-refractivity contribution in [1.82, 2.24) is 14.7 Å². The number of aliphatic imine (C=N–C) groups is 1. The summed E-state index contributed by atoms with van der Waals surface area (Å²) in [6.45, 7) is 8.42. The number of methoxy groups -OCH3 is 1. The van der Waals surface area contributed by atoms with Crippen LogP contribution in [0, 0.1) is 0 Å². The molecule has 0 unspecified atom stereocenters. The lowest BCUT2D eigenvalue weighted by Crippen LogP contribution is -2.37. The van der Waals surface area contributed by atoms with Crippen molar-refractivity contribution in [3.63, 3.8) is 0 Å². The molecule has 0 aliphatic rings. The summed E-state index contributed by atoms with van der Waals surface area (Å²) in [6.07, 6.45) is 0.854. The third kappa shape index (κ3) is 3.39. The normalized spacial score (nSPS) is 11.7. The van der Waals surface area contributed by atoms with E-state index in [9.17, 15) is 0 Å². The van der Waals surface area contributed by atoms with Crippen molar-refractivity contribution in [2.24, 2.45) is 17.8 Å². The molecule has 0 aliphatic heterocycles. The number of ether oxygens (including phenoxy) is 1. The highest BCUT2D eigenvalue weighted by atomic mass is 16.5. The van der Waals surface area contributed by atoms with E-state index in [0.29, 0.717) is 12.5 Å². The number of aryl methyl sites for hydroxylation is 2. The third-order valence-corrected chi connectivity index (χ3v) is 3.19. The summed E-state index contributed by atoms with van der Waals surface area (Å²) in [4.78, 5) is 6.48. The van der Waals surface area contributed by atoms with Gasteiger partial charge >= 0.3 is 0 Å². The van der Waals surface area contributed by atoms with E-state index in [1.165, 1.54) is 0 Å². The molecule has 2 N–H and O–H groups in total. The Kier molecular flexibility index (Phi) is 5.66. The van der Waals surface area contributed by atoms with Gasteiger partial charge < -0.3 is 15.4 Å². The van der Waals surface area contributed by atoms with Gasteiger partial charge in [-0.15, -0.1) is 0 Å². The largest absolute Gasteiger partial charge is 0.481 e. The van der Waals surface area contributed by atoms with E-state index >= 15 is 0 Å². The van der Waals surface area contributed by atoms with Crippen LogP contribution in [0.2, 0.25) is 0 Å². The molecule has 0 aliphatic carbocycles. The molecule has 1 aromatic heterocycles. The second-order valence-corrected chi connectivity index (χ2v) is 4.26. The van der Waals surface area contributed by atoms with Crippen LogP contribution in [-0.2, 0) is 20.0 Å². The number of aromatic nitrogens is 2. The van der Waals surface area contributed by atoms with E-state index in [2.05, 4.69) is 30.9 Å². The Morgan fingerprint density at radius 3 is 2.47 bits per heavy atom. The smallest absolute Gasteiger partial charge is 0.216 e. The minimum absolute atomic E-state index is 0.503. The first kappa shape index (κ1) is 15.3. The molecule has 0 saturated carbocycles. The second-order valence-electron chi connectivity index (χ2n) is 4.26. The zero-order valence-corrected chi connectivity index (χ0v) is 12.6. The Morgan fingerprint density at radius 2 is 2.00 bits per heavy atom. The van der Waals surface area contributed by atoms with Crippen molar-refractivity contribution >= 4 is 5.96 Å². The minimum Gasteiger partial charge on any atom is -0.481 e. The van der Waals surface area contributed by atoms with Crippen LogP contribution in [0.25, 0.3) is 0 Å². The molecule has 108 valence electrons. The summed E-state index contributed by atoms with van der Waals surface area (Å²) >= 11 is 0. The van der Waals surface area contributed by atoms with Crippen LogP contribution in [0.3, 0.4) is 0 Å². The number of nitrogens with two attached hydrogens (primary N) is 1. The summed E-state index contributed by atoms with van der Waals surface area (Å²) in [5, 5.41) is 4.43. The molecule has 0 fully saturated rings. The van der Waals surface area contributed by atoms with E-state index in [-0.39, 0.29) is 0 Å². The number of hydrogen-bond acceptors (Lipinski definition) is 3. The molecule has 6 heteroatoms. The molecule has 1 aromatic rings. The van der Waals surface area contributed by atoms with Gasteiger partial charge in [-0.2, -0.15) is 5.10 Å². The Hall–Kier alpha value is -1.72. The fraction of sp³-hybridized carbons (Fsp3) is 0.692. The number of nitrogens with zero attached hydrogens (tertiary/aromatic N) is 4. The first-order chi connectivity index (χ1) is 9.08.